The predicted molar refractivity (Wildman–Crippen MR) is 325 cm³/mol. The van der Waals surface area contributed by atoms with Gasteiger partial charge in [0.25, 0.3) is 0 Å². The molecule has 4 nitrogen and oxygen atoms in total. The van der Waals surface area contributed by atoms with E-state index in [1.54, 1.807) is 0 Å². The van der Waals surface area contributed by atoms with E-state index in [1.807, 2.05) is 101 Å². The van der Waals surface area contributed by atoms with Gasteiger partial charge in [-0.2, -0.15) is 0 Å². The van der Waals surface area contributed by atoms with Crippen LogP contribution in [0.2, 0.25) is 0 Å². The molecule has 2 aliphatic heterocycles. The summed E-state index contributed by atoms with van der Waals surface area (Å²) >= 11 is 1.32. The second-order valence-electron chi connectivity index (χ2n) is 19.1. The van der Waals surface area contributed by atoms with Gasteiger partial charge in [-0.1, -0.05) is 143 Å². The summed E-state index contributed by atoms with van der Waals surface area (Å²) in [6, 6.07) is 27.0. The molecule has 2 aliphatic rings. The van der Waals surface area contributed by atoms with Crippen LogP contribution in [0.3, 0.4) is 0 Å². The zero-order valence-electron chi connectivity index (χ0n) is 38.9. The van der Waals surface area contributed by atoms with E-state index in [-0.39, 0.29) is 87.6 Å². The van der Waals surface area contributed by atoms with Crippen LogP contribution in [0, 0.1) is 0 Å². The Hall–Kier alpha value is -6.50. The second kappa shape index (κ2) is 15.1. The highest BCUT2D eigenvalue weighted by atomic mass is 32.2. The molecule has 20 heteroatoms. The molecule has 0 N–H and O–H groups in total. The minimum Gasteiger partial charge on any atom is -0.456 e. The van der Waals surface area contributed by atoms with Gasteiger partial charge in [-0.3, -0.25) is 0 Å². The van der Waals surface area contributed by atoms with Gasteiger partial charge in [0.1, 0.15) is 132 Å². The van der Waals surface area contributed by atoms with Crippen molar-refractivity contribution in [3.8, 4) is 33.6 Å². The van der Waals surface area contributed by atoms with E-state index in [9.17, 15) is 0 Å². The van der Waals surface area contributed by atoms with Gasteiger partial charge in [-0.05, 0) is 41.0 Å². The highest BCUT2D eigenvalue weighted by Gasteiger charge is 2.37. The zero-order valence-corrected chi connectivity index (χ0v) is 39.7. The molecule has 303 valence electrons. The fraction of sp³-hybridized carbons (Fsp3) is 0. The maximum atomic E-state index is 7.74. The van der Waals surface area contributed by atoms with E-state index >= 15 is 0 Å². The Balaban J connectivity index is 1.13. The van der Waals surface area contributed by atoms with Crippen LogP contribution in [-0.2, 0) is 0 Å². The van der Waals surface area contributed by atoms with Crippen LogP contribution >= 0.6 is 11.8 Å². The molecular formula is C54H14B15N2O2S. The van der Waals surface area contributed by atoms with Crippen LogP contribution in [-0.4, -0.2) is 126 Å². The van der Waals surface area contributed by atoms with Crippen LogP contribution < -0.4 is 87.4 Å². The number of aromatic nitrogens is 2. The van der Waals surface area contributed by atoms with Crippen molar-refractivity contribution in [2.45, 2.75) is 9.79 Å². The summed E-state index contributed by atoms with van der Waals surface area (Å²) in [4.78, 5) is 1.23. The van der Waals surface area contributed by atoms with Gasteiger partial charge in [-0.15, -0.1) is 16.4 Å². The average Bonchev–Trinajstić information content (AvgIpc) is 4.18. The minimum atomic E-state index is 0.0571. The first-order valence-electron chi connectivity index (χ1n) is 23.3. The number of benzene rings is 9. The zero-order chi connectivity index (χ0) is 51.0. The summed E-state index contributed by atoms with van der Waals surface area (Å²) in [7, 11) is 103. The molecule has 0 bridgehead atoms. The number of rotatable bonds is 3. The Labute approximate surface area is 447 Å². The molecule has 6 heterocycles. The van der Waals surface area contributed by atoms with Gasteiger partial charge in [0.15, 0.2) is 7.28 Å². The van der Waals surface area contributed by atoms with Crippen molar-refractivity contribution in [2.24, 2.45) is 0 Å². The summed E-state index contributed by atoms with van der Waals surface area (Å²) in [5.74, 6) is 0. The molecule has 0 unspecified atom stereocenters. The van der Waals surface area contributed by atoms with Crippen molar-refractivity contribution in [3.05, 3.63) is 84.9 Å². The lowest BCUT2D eigenvalue weighted by molar-refractivity contribution is 0.668. The lowest BCUT2D eigenvalue weighted by atomic mass is 9.50. The van der Waals surface area contributed by atoms with E-state index in [1.165, 1.54) is 11.8 Å². The Morgan fingerprint density at radius 3 is 1.61 bits per heavy atom. The molecule has 4 aromatic heterocycles. The number of hydrogen-bond acceptors (Lipinski definition) is 3. The summed E-state index contributed by atoms with van der Waals surface area (Å²) in [5, 5.41) is 5.22. The molecular weight excluding hydrogens is 903 g/mol. The molecule has 9 aromatic carbocycles. The first-order chi connectivity index (χ1) is 35.6. The molecule has 15 rings (SSSR count). The van der Waals surface area contributed by atoms with E-state index in [0.29, 0.717) is 109 Å². The molecule has 0 spiro atoms. The average molecular weight is 917 g/mol. The Morgan fingerprint density at radius 1 is 0.351 bits per heavy atom. The molecule has 13 aromatic rings. The highest BCUT2D eigenvalue weighted by molar-refractivity contribution is 8.00. The largest absolute Gasteiger partial charge is 0.456 e. The first kappa shape index (κ1) is 44.9. The molecule has 74 heavy (non-hydrogen) atoms. The Kier molecular flexibility index (Phi) is 9.17. The summed E-state index contributed by atoms with van der Waals surface area (Å²) < 4.78 is 16.9. The summed E-state index contributed by atoms with van der Waals surface area (Å²) in [6.07, 6.45) is 0. The fourth-order valence-electron chi connectivity index (χ4n) is 12.2. The van der Waals surface area contributed by atoms with Gasteiger partial charge in [0.05, 0.1) is 22.3 Å². The highest BCUT2D eigenvalue weighted by Crippen LogP contribution is 2.45. The van der Waals surface area contributed by atoms with Crippen molar-refractivity contribution >= 4 is 304 Å². The van der Waals surface area contributed by atoms with E-state index in [4.69, 9.17) is 119 Å². The standard InChI is InChI=1S/C54H14B15N2O2S/c55-31-24(18-10-5-9-16-15-7-1-3-12-20(15)73-52(16)18)34(58)41(65)47-27(31)28-32(56)25(35(59)42(66)48(28)70(47)19-11-6-14-22-23(19)17-8-2-4-13-21(17)72-22)26-33(57)29-30-36(60)38(62)43(67)53-50(30)71-49(29)45(37(26)61)69-46-40(64)39(63)44(68)54(74-53)51(46)71/h1-14H. The lowest BCUT2D eigenvalue weighted by Crippen LogP contribution is -2.58. The van der Waals surface area contributed by atoms with Crippen LogP contribution in [0.25, 0.3) is 121 Å². The lowest BCUT2D eigenvalue weighted by Gasteiger charge is -2.34. The summed E-state index contributed by atoms with van der Waals surface area (Å²) in [5.41, 5.74) is 11.1. The van der Waals surface area contributed by atoms with E-state index in [0.717, 1.165) is 21.5 Å². The number of nitrogens with zero attached hydrogens (tertiary/aromatic N) is 2. The molecule has 0 saturated heterocycles. The maximum absolute atomic E-state index is 7.74. The molecule has 29 radical (unpaired) electrons. The van der Waals surface area contributed by atoms with Crippen LogP contribution in [0.4, 0.5) is 0 Å². The van der Waals surface area contributed by atoms with Crippen molar-refractivity contribution < 1.29 is 8.83 Å². The van der Waals surface area contributed by atoms with Crippen molar-refractivity contribution in [3.63, 3.8) is 0 Å². The molecule has 0 saturated carbocycles. The Bertz CT molecular complexity index is 4920. The number of para-hydroxylation sites is 3. The van der Waals surface area contributed by atoms with Crippen LogP contribution in [0.1, 0.15) is 0 Å². The van der Waals surface area contributed by atoms with Gasteiger partial charge >= 0.3 is 0 Å². The SMILES string of the molecule is [B]c1c([B])c2c3c(c1[B])Sc1c([B])c([B])c([B])c4c5c([B])c(-c6c([B])c([B])c7c(c6[B])c6c([B])c(-c8cccc9c8oc8ccccc89)c([B])c([B])c6n7-c6cccc7oc8ccccc8c67)c([B])c(c5n-3c14)[B]2. The molecule has 0 aliphatic carbocycles. The quantitative estimate of drug-likeness (QED) is 0.174. The van der Waals surface area contributed by atoms with Crippen LogP contribution in [0.15, 0.2) is 104 Å². The van der Waals surface area contributed by atoms with Crippen molar-refractivity contribution in [2.75, 3.05) is 0 Å². The Morgan fingerprint density at radius 2 is 0.892 bits per heavy atom. The van der Waals surface area contributed by atoms with Gasteiger partial charge < -0.3 is 18.0 Å². The number of furan rings is 2. The topological polar surface area (TPSA) is 36.1 Å². The number of fused-ring (bicyclic) bond motifs is 10. The van der Waals surface area contributed by atoms with Gasteiger partial charge in [-0.25, -0.2) is 0 Å². The third-order valence-electron chi connectivity index (χ3n) is 15.6. The molecule has 0 amide bonds. The summed E-state index contributed by atoms with van der Waals surface area (Å²) in [6.45, 7) is 0. The minimum absolute atomic E-state index is 0.0571. The molecule has 0 atom stereocenters. The first-order valence-corrected chi connectivity index (χ1v) is 24.1. The number of hydrogen-bond donors (Lipinski definition) is 0. The second-order valence-corrected chi connectivity index (χ2v) is 20.1. The van der Waals surface area contributed by atoms with Gasteiger partial charge in [0, 0.05) is 69.6 Å². The smallest absolute Gasteiger partial charge is 0.195 e. The van der Waals surface area contributed by atoms with Crippen LogP contribution in [0.5, 0.6) is 0 Å². The fourth-order valence-corrected chi connectivity index (χ4v) is 13.5. The van der Waals surface area contributed by atoms with Crippen molar-refractivity contribution in [1.29, 1.82) is 0 Å². The van der Waals surface area contributed by atoms with Gasteiger partial charge in [0.2, 0.25) is 0 Å². The third kappa shape index (κ3) is 5.27. The third-order valence-corrected chi connectivity index (χ3v) is 16.8. The maximum Gasteiger partial charge on any atom is 0.195 e. The molecule has 0 fully saturated rings. The normalized spacial score (nSPS) is 12.9. The van der Waals surface area contributed by atoms with E-state index in [2.05, 4.69) is 0 Å². The monoisotopic (exact) mass is 919 g/mol. The predicted octanol–water partition coefficient (Wildman–Crippen LogP) is -3.44. The van der Waals surface area contributed by atoms with E-state index < -0.39 is 0 Å². The van der Waals surface area contributed by atoms with Crippen molar-refractivity contribution in [1.82, 2.24) is 9.13 Å².